The zero-order valence-electron chi connectivity index (χ0n) is 12.5. The smallest absolute Gasteiger partial charge is 0.129 e. The van der Waals surface area contributed by atoms with Gasteiger partial charge in [0, 0.05) is 18.2 Å². The van der Waals surface area contributed by atoms with Crippen molar-refractivity contribution in [2.45, 2.75) is 45.3 Å². The number of rotatable bonds is 5. The molecule has 21 heavy (non-hydrogen) atoms. The number of aliphatic hydroxyl groups is 1. The van der Waals surface area contributed by atoms with E-state index in [-0.39, 0.29) is 6.61 Å². The summed E-state index contributed by atoms with van der Waals surface area (Å²) < 4.78 is 5.59. The predicted octanol–water partition coefficient (Wildman–Crippen LogP) is 2.44. The summed E-state index contributed by atoms with van der Waals surface area (Å²) in [4.78, 5) is 2.43. The Labute approximate surface area is 125 Å². The lowest BCUT2D eigenvalue weighted by Gasteiger charge is -2.32. The maximum Gasteiger partial charge on any atom is 0.129 e. The standard InChI is InChI=1S/C16H23N3O2/c1-2-12-8-17-18-16(12)13-4-3-7-19(9-13)10-14-5-6-15(11-20)21-14/h5-6,8,13,20H,2-4,7,9-11H2,1H3,(H,17,18). The molecule has 2 aromatic heterocycles. The normalized spacial score (nSPS) is 20.0. The van der Waals surface area contributed by atoms with Crippen LogP contribution in [0.2, 0.25) is 0 Å². The zero-order valence-corrected chi connectivity index (χ0v) is 12.5. The molecule has 1 saturated heterocycles. The van der Waals surface area contributed by atoms with Gasteiger partial charge in [-0.15, -0.1) is 0 Å². The summed E-state index contributed by atoms with van der Waals surface area (Å²) in [7, 11) is 0. The summed E-state index contributed by atoms with van der Waals surface area (Å²) in [6.07, 6.45) is 5.39. The van der Waals surface area contributed by atoms with Crippen molar-refractivity contribution in [3.63, 3.8) is 0 Å². The van der Waals surface area contributed by atoms with Crippen LogP contribution in [0.3, 0.4) is 0 Å². The van der Waals surface area contributed by atoms with Gasteiger partial charge in [0.05, 0.1) is 12.7 Å². The predicted molar refractivity (Wildman–Crippen MR) is 79.8 cm³/mol. The number of nitrogens with one attached hydrogen (secondary N) is 1. The first-order valence-corrected chi connectivity index (χ1v) is 7.73. The summed E-state index contributed by atoms with van der Waals surface area (Å²) in [6.45, 7) is 5.09. The van der Waals surface area contributed by atoms with Crippen molar-refractivity contribution in [1.29, 1.82) is 0 Å². The van der Waals surface area contributed by atoms with Gasteiger partial charge in [-0.25, -0.2) is 0 Å². The Morgan fingerprint density at radius 1 is 1.43 bits per heavy atom. The average Bonchev–Trinajstić information content (AvgIpc) is 3.15. The van der Waals surface area contributed by atoms with Crippen molar-refractivity contribution >= 4 is 0 Å². The maximum absolute atomic E-state index is 9.06. The molecular formula is C16H23N3O2. The van der Waals surface area contributed by atoms with E-state index in [1.165, 1.54) is 24.1 Å². The number of furan rings is 1. The highest BCUT2D eigenvalue weighted by Gasteiger charge is 2.24. The molecule has 1 fully saturated rings. The molecular weight excluding hydrogens is 266 g/mol. The van der Waals surface area contributed by atoms with Crippen molar-refractivity contribution in [1.82, 2.24) is 15.1 Å². The van der Waals surface area contributed by atoms with E-state index >= 15 is 0 Å². The van der Waals surface area contributed by atoms with Crippen LogP contribution >= 0.6 is 0 Å². The zero-order chi connectivity index (χ0) is 14.7. The minimum Gasteiger partial charge on any atom is -0.462 e. The van der Waals surface area contributed by atoms with E-state index in [2.05, 4.69) is 22.0 Å². The molecule has 3 heterocycles. The lowest BCUT2D eigenvalue weighted by atomic mass is 9.92. The first-order chi connectivity index (χ1) is 10.3. The van der Waals surface area contributed by atoms with Crippen molar-refractivity contribution in [3.8, 4) is 0 Å². The number of aryl methyl sites for hydroxylation is 1. The van der Waals surface area contributed by atoms with Crippen LogP contribution in [0.1, 0.15) is 48.5 Å². The van der Waals surface area contributed by atoms with Gasteiger partial charge >= 0.3 is 0 Å². The molecule has 1 aliphatic rings. The van der Waals surface area contributed by atoms with E-state index in [1.807, 2.05) is 18.3 Å². The van der Waals surface area contributed by atoms with Crippen molar-refractivity contribution in [3.05, 3.63) is 41.1 Å². The van der Waals surface area contributed by atoms with E-state index in [0.717, 1.165) is 31.8 Å². The van der Waals surface area contributed by atoms with Crippen molar-refractivity contribution in [2.24, 2.45) is 0 Å². The second-order valence-electron chi connectivity index (χ2n) is 5.76. The molecule has 0 saturated carbocycles. The van der Waals surface area contributed by atoms with Gasteiger partial charge < -0.3 is 9.52 Å². The average molecular weight is 289 g/mol. The molecule has 0 bridgehead atoms. The lowest BCUT2D eigenvalue weighted by Crippen LogP contribution is -2.34. The third-order valence-electron chi connectivity index (χ3n) is 4.30. The molecule has 2 N–H and O–H groups in total. The third kappa shape index (κ3) is 3.19. The maximum atomic E-state index is 9.06. The summed E-state index contributed by atoms with van der Waals surface area (Å²) in [5.74, 6) is 2.10. The molecule has 0 radical (unpaired) electrons. The Morgan fingerprint density at radius 3 is 3.05 bits per heavy atom. The largest absolute Gasteiger partial charge is 0.462 e. The van der Waals surface area contributed by atoms with E-state index in [4.69, 9.17) is 9.52 Å². The van der Waals surface area contributed by atoms with Gasteiger partial charge in [-0.2, -0.15) is 5.10 Å². The fourth-order valence-electron chi connectivity index (χ4n) is 3.20. The Balaban J connectivity index is 1.65. The monoisotopic (exact) mass is 289 g/mol. The Hall–Kier alpha value is -1.59. The van der Waals surface area contributed by atoms with Crippen molar-refractivity contribution < 1.29 is 9.52 Å². The van der Waals surface area contributed by atoms with E-state index in [9.17, 15) is 0 Å². The van der Waals surface area contributed by atoms with Crippen molar-refractivity contribution in [2.75, 3.05) is 13.1 Å². The van der Waals surface area contributed by atoms with Gasteiger partial charge in [0.25, 0.3) is 0 Å². The summed E-state index contributed by atoms with van der Waals surface area (Å²) >= 11 is 0. The van der Waals surface area contributed by atoms with Gasteiger partial charge in [-0.3, -0.25) is 10.00 Å². The Bertz CT molecular complexity index is 576. The summed E-state index contributed by atoms with van der Waals surface area (Å²) in [5, 5.41) is 16.5. The second kappa shape index (κ2) is 6.45. The van der Waals surface area contributed by atoms with Crippen LogP contribution in [0.4, 0.5) is 0 Å². The number of aromatic nitrogens is 2. The molecule has 114 valence electrons. The first kappa shape index (κ1) is 14.4. The molecule has 1 atom stereocenters. The number of nitrogens with zero attached hydrogens (tertiary/aromatic N) is 2. The number of piperidine rings is 1. The molecule has 1 unspecified atom stereocenters. The number of aliphatic hydroxyl groups excluding tert-OH is 1. The molecule has 0 spiro atoms. The van der Waals surface area contributed by atoms with Crippen LogP contribution in [-0.2, 0) is 19.6 Å². The lowest BCUT2D eigenvalue weighted by molar-refractivity contribution is 0.178. The molecule has 5 heteroatoms. The fourth-order valence-corrected chi connectivity index (χ4v) is 3.20. The summed E-state index contributed by atoms with van der Waals surface area (Å²) in [5.41, 5.74) is 2.64. The van der Waals surface area contributed by atoms with Crippen LogP contribution in [0.25, 0.3) is 0 Å². The van der Waals surface area contributed by atoms with Crippen LogP contribution in [0.5, 0.6) is 0 Å². The van der Waals surface area contributed by atoms with Gasteiger partial charge in [0.2, 0.25) is 0 Å². The minimum atomic E-state index is -0.0311. The summed E-state index contributed by atoms with van der Waals surface area (Å²) in [6, 6.07) is 3.81. The van der Waals surface area contributed by atoms with Crippen LogP contribution in [0.15, 0.2) is 22.7 Å². The van der Waals surface area contributed by atoms with Crippen LogP contribution < -0.4 is 0 Å². The third-order valence-corrected chi connectivity index (χ3v) is 4.30. The number of hydrogen-bond acceptors (Lipinski definition) is 4. The quantitative estimate of drug-likeness (QED) is 0.887. The molecule has 0 aliphatic carbocycles. The van der Waals surface area contributed by atoms with E-state index in [0.29, 0.717) is 11.7 Å². The molecule has 2 aromatic rings. The Morgan fingerprint density at radius 2 is 2.29 bits per heavy atom. The Kier molecular flexibility index (Phi) is 4.41. The first-order valence-electron chi connectivity index (χ1n) is 7.73. The highest BCUT2D eigenvalue weighted by molar-refractivity contribution is 5.21. The highest BCUT2D eigenvalue weighted by atomic mass is 16.4. The van der Waals surface area contributed by atoms with Crippen LogP contribution in [0, 0.1) is 0 Å². The molecule has 1 aliphatic heterocycles. The number of hydrogen-bond donors (Lipinski definition) is 2. The van der Waals surface area contributed by atoms with Gasteiger partial charge in [-0.1, -0.05) is 6.92 Å². The molecule has 5 nitrogen and oxygen atoms in total. The van der Waals surface area contributed by atoms with E-state index < -0.39 is 0 Å². The van der Waals surface area contributed by atoms with Gasteiger partial charge in [0.1, 0.15) is 18.1 Å². The molecule has 0 amide bonds. The number of H-pyrrole nitrogens is 1. The highest BCUT2D eigenvalue weighted by Crippen LogP contribution is 2.29. The van der Waals surface area contributed by atoms with Gasteiger partial charge in [-0.05, 0) is 43.5 Å². The minimum absolute atomic E-state index is 0.0311. The van der Waals surface area contributed by atoms with Gasteiger partial charge in [0.15, 0.2) is 0 Å². The second-order valence-corrected chi connectivity index (χ2v) is 5.76. The number of likely N-dealkylation sites (tertiary alicyclic amines) is 1. The molecule has 3 rings (SSSR count). The van der Waals surface area contributed by atoms with E-state index in [1.54, 1.807) is 0 Å². The number of aromatic amines is 1. The SMILES string of the molecule is CCc1cn[nH]c1C1CCCN(Cc2ccc(CO)o2)C1. The topological polar surface area (TPSA) is 65.3 Å². The van der Waals surface area contributed by atoms with Crippen LogP contribution in [-0.4, -0.2) is 33.3 Å². The fraction of sp³-hybridized carbons (Fsp3) is 0.562. The molecule has 0 aromatic carbocycles.